The Morgan fingerprint density at radius 1 is 1.47 bits per heavy atom. The lowest BCUT2D eigenvalue weighted by Crippen LogP contribution is -2.14. The van der Waals surface area contributed by atoms with Crippen LogP contribution in [0.4, 0.5) is 0 Å². The molecule has 0 bridgehead atoms. The highest BCUT2D eigenvalue weighted by Gasteiger charge is 2.15. The highest BCUT2D eigenvalue weighted by molar-refractivity contribution is 5.47. The van der Waals surface area contributed by atoms with Crippen molar-refractivity contribution in [1.82, 2.24) is 20.3 Å². The van der Waals surface area contributed by atoms with Crippen LogP contribution in [0, 0.1) is 0 Å². The third-order valence-corrected chi connectivity index (χ3v) is 2.03. The Morgan fingerprint density at radius 2 is 2.29 bits per heavy atom. The minimum atomic E-state index is -0.692. The van der Waals surface area contributed by atoms with Crippen LogP contribution in [-0.4, -0.2) is 39.2 Å². The van der Waals surface area contributed by atoms with E-state index in [1.807, 2.05) is 0 Å². The fourth-order valence-corrected chi connectivity index (χ4v) is 1.12. The van der Waals surface area contributed by atoms with Gasteiger partial charge in [-0.3, -0.25) is 0 Å². The maximum Gasteiger partial charge on any atom is 0.246 e. The zero-order valence-corrected chi connectivity index (χ0v) is 9.07. The molecular formula is C9H11N5O3. The Kier molecular flexibility index (Phi) is 3.26. The number of aromatic nitrogens is 4. The van der Waals surface area contributed by atoms with E-state index in [4.69, 9.17) is 20.1 Å². The molecule has 3 N–H and O–H groups in total. The zero-order chi connectivity index (χ0) is 12.3. The van der Waals surface area contributed by atoms with E-state index in [2.05, 4.69) is 20.3 Å². The van der Waals surface area contributed by atoms with Gasteiger partial charge >= 0.3 is 0 Å². The van der Waals surface area contributed by atoms with Gasteiger partial charge in [-0.25, -0.2) is 0 Å². The molecule has 2 aromatic rings. The molecule has 2 heterocycles. The third-order valence-electron chi connectivity index (χ3n) is 2.03. The van der Waals surface area contributed by atoms with Gasteiger partial charge in [0.2, 0.25) is 17.6 Å². The smallest absolute Gasteiger partial charge is 0.246 e. The molecule has 0 amide bonds. The van der Waals surface area contributed by atoms with Gasteiger partial charge in [-0.15, -0.1) is 10.2 Å². The van der Waals surface area contributed by atoms with Crippen molar-refractivity contribution in [3.05, 3.63) is 18.0 Å². The molecule has 17 heavy (non-hydrogen) atoms. The van der Waals surface area contributed by atoms with E-state index in [1.54, 1.807) is 12.1 Å². The average Bonchev–Trinajstić information content (AvgIpc) is 2.87. The molecule has 0 unspecified atom stereocenters. The Balaban J connectivity index is 2.24. The van der Waals surface area contributed by atoms with Crippen molar-refractivity contribution in [2.75, 3.05) is 13.7 Å². The normalized spacial score (nSPS) is 12.4. The van der Waals surface area contributed by atoms with Crippen LogP contribution in [0.1, 0.15) is 11.9 Å². The molecule has 8 nitrogen and oxygen atoms in total. The summed E-state index contributed by atoms with van der Waals surface area (Å²) in [6.45, 7) is -0.268. The van der Waals surface area contributed by atoms with Gasteiger partial charge in [-0.1, -0.05) is 5.16 Å². The van der Waals surface area contributed by atoms with Crippen molar-refractivity contribution in [2.45, 2.75) is 6.04 Å². The van der Waals surface area contributed by atoms with E-state index >= 15 is 0 Å². The molecule has 0 spiro atoms. The first-order valence-electron chi connectivity index (χ1n) is 4.82. The second kappa shape index (κ2) is 4.85. The van der Waals surface area contributed by atoms with Crippen molar-refractivity contribution in [3.8, 4) is 17.4 Å². The van der Waals surface area contributed by atoms with Crippen LogP contribution in [0.15, 0.2) is 16.7 Å². The standard InChI is InChI=1S/C9H11N5O3/c1-16-7-3-2-6(12-13-7)8-11-9(17-14-8)5(10)4-15/h2-3,5,15H,4,10H2,1H3/t5-/m0/s1. The summed E-state index contributed by atoms with van der Waals surface area (Å²) in [4.78, 5) is 4.00. The first-order valence-corrected chi connectivity index (χ1v) is 4.82. The van der Waals surface area contributed by atoms with Gasteiger partial charge in [0.05, 0.1) is 13.7 Å². The lowest BCUT2D eigenvalue weighted by molar-refractivity contribution is 0.237. The summed E-state index contributed by atoms with van der Waals surface area (Å²) >= 11 is 0. The van der Waals surface area contributed by atoms with Crippen molar-refractivity contribution in [2.24, 2.45) is 5.73 Å². The molecule has 0 saturated carbocycles. The van der Waals surface area contributed by atoms with Gasteiger partial charge in [0.15, 0.2) is 0 Å². The van der Waals surface area contributed by atoms with Crippen molar-refractivity contribution < 1.29 is 14.4 Å². The van der Waals surface area contributed by atoms with E-state index in [0.717, 1.165) is 0 Å². The maximum absolute atomic E-state index is 8.84. The largest absolute Gasteiger partial charge is 0.480 e. The molecule has 0 aliphatic carbocycles. The van der Waals surface area contributed by atoms with Crippen LogP contribution < -0.4 is 10.5 Å². The molecule has 2 rings (SSSR count). The summed E-state index contributed by atoms with van der Waals surface area (Å²) in [7, 11) is 1.50. The minimum Gasteiger partial charge on any atom is -0.480 e. The van der Waals surface area contributed by atoms with Crippen LogP contribution in [0.5, 0.6) is 5.88 Å². The fourth-order valence-electron chi connectivity index (χ4n) is 1.12. The molecule has 0 aliphatic rings. The highest BCUT2D eigenvalue weighted by Crippen LogP contribution is 2.16. The molecular weight excluding hydrogens is 226 g/mol. The second-order valence-corrected chi connectivity index (χ2v) is 3.21. The molecule has 2 aromatic heterocycles. The number of rotatable bonds is 4. The van der Waals surface area contributed by atoms with Gasteiger partial charge in [-0.2, -0.15) is 4.98 Å². The number of hydrogen-bond donors (Lipinski definition) is 2. The average molecular weight is 237 g/mol. The van der Waals surface area contributed by atoms with E-state index in [9.17, 15) is 0 Å². The van der Waals surface area contributed by atoms with Crippen molar-refractivity contribution >= 4 is 0 Å². The number of nitrogens with zero attached hydrogens (tertiary/aromatic N) is 4. The van der Waals surface area contributed by atoms with Gasteiger partial charge in [-0.05, 0) is 6.07 Å². The Morgan fingerprint density at radius 3 is 2.88 bits per heavy atom. The molecule has 90 valence electrons. The maximum atomic E-state index is 8.84. The molecule has 0 radical (unpaired) electrons. The second-order valence-electron chi connectivity index (χ2n) is 3.21. The summed E-state index contributed by atoms with van der Waals surface area (Å²) in [5.41, 5.74) is 5.97. The lowest BCUT2D eigenvalue weighted by atomic mass is 10.3. The molecule has 8 heteroatoms. The summed E-state index contributed by atoms with van der Waals surface area (Å²) in [6, 6.07) is 2.58. The van der Waals surface area contributed by atoms with Crippen molar-refractivity contribution in [3.63, 3.8) is 0 Å². The van der Waals surface area contributed by atoms with E-state index in [0.29, 0.717) is 11.6 Å². The van der Waals surface area contributed by atoms with E-state index in [-0.39, 0.29) is 18.3 Å². The zero-order valence-electron chi connectivity index (χ0n) is 9.07. The number of aliphatic hydroxyl groups excluding tert-OH is 1. The Labute approximate surface area is 96.4 Å². The first kappa shape index (κ1) is 11.4. The van der Waals surface area contributed by atoms with Crippen LogP contribution in [0.2, 0.25) is 0 Å². The highest BCUT2D eigenvalue weighted by atomic mass is 16.5. The van der Waals surface area contributed by atoms with Crippen molar-refractivity contribution in [1.29, 1.82) is 0 Å². The molecule has 1 atom stereocenters. The summed E-state index contributed by atoms with van der Waals surface area (Å²) in [5.74, 6) is 0.809. The van der Waals surface area contributed by atoms with Crippen LogP contribution in [-0.2, 0) is 0 Å². The predicted octanol–water partition coefficient (Wildman–Crippen LogP) is -0.473. The van der Waals surface area contributed by atoms with E-state index in [1.165, 1.54) is 7.11 Å². The Bertz CT molecular complexity index is 484. The summed E-state index contributed by atoms with van der Waals surface area (Å²) in [6.07, 6.45) is 0. The molecule has 0 saturated heterocycles. The third kappa shape index (κ3) is 2.37. The summed E-state index contributed by atoms with van der Waals surface area (Å²) < 4.78 is 9.76. The van der Waals surface area contributed by atoms with Crippen LogP contribution >= 0.6 is 0 Å². The van der Waals surface area contributed by atoms with Crippen LogP contribution in [0.25, 0.3) is 11.5 Å². The number of methoxy groups -OCH3 is 1. The lowest BCUT2D eigenvalue weighted by Gasteiger charge is -1.98. The van der Waals surface area contributed by atoms with Gasteiger partial charge in [0.1, 0.15) is 11.7 Å². The minimum absolute atomic E-state index is 0.153. The van der Waals surface area contributed by atoms with Crippen LogP contribution in [0.3, 0.4) is 0 Å². The predicted molar refractivity (Wildman–Crippen MR) is 55.9 cm³/mol. The quantitative estimate of drug-likeness (QED) is 0.731. The number of ether oxygens (including phenoxy) is 1. The summed E-state index contributed by atoms with van der Waals surface area (Å²) in [5, 5.41) is 20.2. The number of aliphatic hydroxyl groups is 1. The number of nitrogens with two attached hydrogens (primary N) is 1. The topological polar surface area (TPSA) is 120 Å². The number of hydrogen-bond acceptors (Lipinski definition) is 8. The molecule has 0 aromatic carbocycles. The van der Waals surface area contributed by atoms with Gasteiger partial charge in [0, 0.05) is 6.07 Å². The molecule has 0 aliphatic heterocycles. The fraction of sp³-hybridized carbons (Fsp3) is 0.333. The SMILES string of the molecule is COc1ccc(-c2noc([C@@H](N)CO)n2)nn1. The van der Waals surface area contributed by atoms with E-state index < -0.39 is 6.04 Å². The van der Waals surface area contributed by atoms with Gasteiger partial charge < -0.3 is 20.1 Å². The monoisotopic (exact) mass is 237 g/mol. The Hall–Kier alpha value is -2.06. The first-order chi connectivity index (χ1) is 8.24. The molecule has 0 fully saturated rings. The van der Waals surface area contributed by atoms with Gasteiger partial charge in [0.25, 0.3) is 0 Å².